The van der Waals surface area contributed by atoms with Gasteiger partial charge in [0.25, 0.3) is 0 Å². The molecule has 2 rings (SSSR count). The average Bonchev–Trinajstić information content (AvgIpc) is 2.58. The van der Waals surface area contributed by atoms with Gasteiger partial charge in [0.2, 0.25) is 15.9 Å². The number of amides is 1. The van der Waals surface area contributed by atoms with Crippen LogP contribution in [0.4, 0.5) is 14.5 Å². The molecule has 0 unspecified atom stereocenters. The number of likely N-dealkylation sites (N-methyl/N-ethyl adjacent to an activating group) is 1. The van der Waals surface area contributed by atoms with E-state index < -0.39 is 39.8 Å². The summed E-state index contributed by atoms with van der Waals surface area (Å²) < 4.78 is 52.8. The summed E-state index contributed by atoms with van der Waals surface area (Å²) >= 11 is 1.47. The maximum atomic E-state index is 13.5. The molecule has 0 aromatic heterocycles. The first-order chi connectivity index (χ1) is 11.8. The van der Waals surface area contributed by atoms with Gasteiger partial charge in [-0.05, 0) is 42.7 Å². The summed E-state index contributed by atoms with van der Waals surface area (Å²) in [6.45, 7) is -0.583. The second-order valence-corrected chi connectivity index (χ2v) is 8.01. The zero-order valence-corrected chi connectivity index (χ0v) is 15.1. The zero-order valence-electron chi connectivity index (χ0n) is 13.5. The predicted molar refractivity (Wildman–Crippen MR) is 93.0 cm³/mol. The highest BCUT2D eigenvalue weighted by Gasteiger charge is 2.23. The number of anilines is 1. The Hall–Kier alpha value is -1.97. The van der Waals surface area contributed by atoms with Crippen LogP contribution in [0, 0.1) is 11.6 Å². The number of para-hydroxylation sites is 1. The highest BCUT2D eigenvalue weighted by atomic mass is 32.2. The van der Waals surface area contributed by atoms with Crippen LogP contribution in [0.2, 0.25) is 0 Å². The number of thioether (sulfide) groups is 1. The Bertz CT molecular complexity index is 851. The maximum absolute atomic E-state index is 13.5. The Balaban J connectivity index is 2.11. The van der Waals surface area contributed by atoms with E-state index in [0.717, 1.165) is 27.4 Å². The molecule has 1 amide bonds. The van der Waals surface area contributed by atoms with E-state index in [2.05, 4.69) is 5.32 Å². The van der Waals surface area contributed by atoms with E-state index in [1.165, 1.54) is 30.9 Å². The molecule has 9 heteroatoms. The Morgan fingerprint density at radius 2 is 1.68 bits per heavy atom. The third kappa shape index (κ3) is 4.56. The summed E-state index contributed by atoms with van der Waals surface area (Å²) in [7, 11) is -2.68. The van der Waals surface area contributed by atoms with E-state index in [4.69, 9.17) is 0 Å². The third-order valence-corrected chi connectivity index (χ3v) is 5.92. The molecular weight excluding hydrogens is 370 g/mol. The molecule has 1 N–H and O–H groups in total. The van der Waals surface area contributed by atoms with Crippen LogP contribution in [-0.2, 0) is 14.8 Å². The highest BCUT2D eigenvalue weighted by molar-refractivity contribution is 7.98. The molecule has 0 saturated heterocycles. The summed E-state index contributed by atoms with van der Waals surface area (Å²) in [4.78, 5) is 12.9. The van der Waals surface area contributed by atoms with Gasteiger partial charge in [0, 0.05) is 11.9 Å². The van der Waals surface area contributed by atoms with Gasteiger partial charge in [-0.15, -0.1) is 11.8 Å². The largest absolute Gasteiger partial charge is 0.320 e. The van der Waals surface area contributed by atoms with Crippen molar-refractivity contribution in [2.75, 3.05) is 25.2 Å². The number of carbonyl (C=O) groups excluding carboxylic acids is 1. The molecule has 0 saturated carbocycles. The van der Waals surface area contributed by atoms with Gasteiger partial charge in [0.15, 0.2) is 0 Å². The fraction of sp³-hybridized carbons (Fsp3) is 0.188. The van der Waals surface area contributed by atoms with Gasteiger partial charge < -0.3 is 5.32 Å². The van der Waals surface area contributed by atoms with E-state index in [-0.39, 0.29) is 4.90 Å². The fourth-order valence-electron chi connectivity index (χ4n) is 2.01. The van der Waals surface area contributed by atoms with Crippen LogP contribution < -0.4 is 5.32 Å². The second kappa shape index (κ2) is 7.94. The molecule has 2 aromatic carbocycles. The van der Waals surface area contributed by atoms with E-state index in [0.29, 0.717) is 0 Å². The number of benzene rings is 2. The summed E-state index contributed by atoms with van der Waals surface area (Å²) in [6, 6.07) is 9.33. The summed E-state index contributed by atoms with van der Waals surface area (Å²) in [5.74, 6) is -2.73. The highest BCUT2D eigenvalue weighted by Crippen LogP contribution is 2.21. The molecule has 5 nitrogen and oxygen atoms in total. The molecule has 25 heavy (non-hydrogen) atoms. The second-order valence-electron chi connectivity index (χ2n) is 5.08. The maximum Gasteiger partial charge on any atom is 0.243 e. The minimum atomic E-state index is -3.90. The normalized spacial score (nSPS) is 11.6. The summed E-state index contributed by atoms with van der Waals surface area (Å²) in [5, 5.41) is 2.05. The molecule has 0 aliphatic carbocycles. The standard InChI is InChI=1S/C16H16F2N2O3S2/c1-20(25(22,23)12-8-6-11(24-2)7-9-12)10-15(21)19-16-13(17)4-3-5-14(16)18/h3-9H,10H2,1-2H3,(H,19,21). The Labute approximate surface area is 149 Å². The number of halogens is 2. The number of sulfonamides is 1. The fourth-order valence-corrected chi connectivity index (χ4v) is 3.55. The summed E-state index contributed by atoms with van der Waals surface area (Å²) in [6.07, 6.45) is 1.86. The molecular formula is C16H16F2N2O3S2. The van der Waals surface area contributed by atoms with Crippen molar-refractivity contribution in [1.29, 1.82) is 0 Å². The van der Waals surface area contributed by atoms with Gasteiger partial charge in [-0.25, -0.2) is 17.2 Å². The molecule has 0 spiro atoms. The molecule has 0 aliphatic heterocycles. The van der Waals surface area contributed by atoms with Crippen LogP contribution in [0.25, 0.3) is 0 Å². The lowest BCUT2D eigenvalue weighted by Crippen LogP contribution is -2.35. The first kappa shape index (κ1) is 19.4. The van der Waals surface area contributed by atoms with Crippen LogP contribution in [0.5, 0.6) is 0 Å². The lowest BCUT2D eigenvalue weighted by Gasteiger charge is -2.17. The Kier molecular flexibility index (Phi) is 6.15. The number of nitrogens with one attached hydrogen (secondary N) is 1. The first-order valence-electron chi connectivity index (χ1n) is 7.10. The monoisotopic (exact) mass is 386 g/mol. The lowest BCUT2D eigenvalue weighted by atomic mass is 10.3. The van der Waals surface area contributed by atoms with E-state index in [1.54, 1.807) is 12.1 Å². The van der Waals surface area contributed by atoms with E-state index in [9.17, 15) is 22.0 Å². The van der Waals surface area contributed by atoms with Crippen molar-refractivity contribution >= 4 is 33.4 Å². The average molecular weight is 386 g/mol. The van der Waals surface area contributed by atoms with E-state index >= 15 is 0 Å². The molecule has 0 radical (unpaired) electrons. The number of carbonyl (C=O) groups is 1. The van der Waals surface area contributed by atoms with E-state index in [1.807, 2.05) is 6.26 Å². The predicted octanol–water partition coefficient (Wildman–Crippen LogP) is 2.95. The van der Waals surface area contributed by atoms with Crippen molar-refractivity contribution in [2.45, 2.75) is 9.79 Å². The number of rotatable bonds is 6. The van der Waals surface area contributed by atoms with Gasteiger partial charge in [-0.2, -0.15) is 4.31 Å². The van der Waals surface area contributed by atoms with Crippen molar-refractivity contribution in [3.8, 4) is 0 Å². The molecule has 0 atom stereocenters. The Morgan fingerprint density at radius 3 is 2.20 bits per heavy atom. The number of hydrogen-bond donors (Lipinski definition) is 1. The van der Waals surface area contributed by atoms with Crippen molar-refractivity contribution < 1.29 is 22.0 Å². The smallest absolute Gasteiger partial charge is 0.243 e. The van der Waals surface area contributed by atoms with Crippen molar-refractivity contribution in [3.63, 3.8) is 0 Å². The lowest BCUT2D eigenvalue weighted by molar-refractivity contribution is -0.116. The molecule has 0 fully saturated rings. The van der Waals surface area contributed by atoms with Crippen LogP contribution in [0.1, 0.15) is 0 Å². The molecule has 134 valence electrons. The SMILES string of the molecule is CSc1ccc(S(=O)(=O)N(C)CC(=O)Nc2c(F)cccc2F)cc1. The van der Waals surface area contributed by atoms with Gasteiger partial charge in [0.1, 0.15) is 17.3 Å². The minimum absolute atomic E-state index is 0.0256. The summed E-state index contributed by atoms with van der Waals surface area (Å²) in [5.41, 5.74) is -0.609. The minimum Gasteiger partial charge on any atom is -0.320 e. The third-order valence-electron chi connectivity index (χ3n) is 3.36. The van der Waals surface area contributed by atoms with Crippen molar-refractivity contribution in [1.82, 2.24) is 4.31 Å². The quantitative estimate of drug-likeness (QED) is 0.776. The van der Waals surface area contributed by atoms with Crippen molar-refractivity contribution in [3.05, 3.63) is 54.1 Å². The van der Waals surface area contributed by atoms with Gasteiger partial charge in [-0.1, -0.05) is 6.07 Å². The van der Waals surface area contributed by atoms with Gasteiger partial charge >= 0.3 is 0 Å². The zero-order chi connectivity index (χ0) is 18.6. The molecule has 0 heterocycles. The van der Waals surface area contributed by atoms with Crippen LogP contribution in [0.3, 0.4) is 0 Å². The van der Waals surface area contributed by atoms with Crippen molar-refractivity contribution in [2.24, 2.45) is 0 Å². The van der Waals surface area contributed by atoms with Gasteiger partial charge in [-0.3, -0.25) is 4.79 Å². The van der Waals surface area contributed by atoms with Gasteiger partial charge in [0.05, 0.1) is 11.4 Å². The number of nitrogens with zero attached hydrogens (tertiary/aromatic N) is 1. The molecule has 2 aromatic rings. The number of hydrogen-bond acceptors (Lipinski definition) is 4. The first-order valence-corrected chi connectivity index (χ1v) is 9.76. The molecule has 0 aliphatic rings. The van der Waals surface area contributed by atoms with Crippen LogP contribution >= 0.6 is 11.8 Å². The molecule has 0 bridgehead atoms. The Morgan fingerprint density at radius 1 is 1.12 bits per heavy atom. The van der Waals surface area contributed by atoms with Crippen LogP contribution in [-0.4, -0.2) is 38.5 Å². The van der Waals surface area contributed by atoms with Crippen LogP contribution in [0.15, 0.2) is 52.3 Å². The topological polar surface area (TPSA) is 66.5 Å².